The van der Waals surface area contributed by atoms with Gasteiger partial charge in [-0.2, -0.15) is 8.61 Å². The summed E-state index contributed by atoms with van der Waals surface area (Å²) in [5.74, 6) is 0.301. The topological polar surface area (TPSA) is 213 Å². The van der Waals surface area contributed by atoms with Crippen molar-refractivity contribution < 1.29 is 42.1 Å². The molecular formula is C52H64Br5N5O10S5. The summed E-state index contributed by atoms with van der Waals surface area (Å²) >= 11 is 16.3. The van der Waals surface area contributed by atoms with Crippen molar-refractivity contribution in [2.45, 2.75) is 98.5 Å². The third-order valence-corrected chi connectivity index (χ3v) is 21.5. The Hall–Kier alpha value is -2.73. The molecule has 0 amide bonds. The van der Waals surface area contributed by atoms with E-state index in [4.69, 9.17) is 0 Å². The van der Waals surface area contributed by atoms with E-state index in [0.717, 1.165) is 33.5 Å². The molecule has 1 heterocycles. The molecule has 15 nitrogen and oxygen atoms in total. The van der Waals surface area contributed by atoms with Gasteiger partial charge in [-0.05, 0) is 159 Å². The van der Waals surface area contributed by atoms with Crippen molar-refractivity contribution in [3.8, 4) is 0 Å². The highest BCUT2D eigenvalue weighted by Crippen LogP contribution is 2.29. The van der Waals surface area contributed by atoms with Crippen LogP contribution >= 0.6 is 79.6 Å². The molecule has 0 saturated carbocycles. The lowest BCUT2D eigenvalue weighted by atomic mass is 10.1. The molecule has 0 atom stereocenters. The fraction of sp³-hybridized carbons (Fsp3) is 0.308. The van der Waals surface area contributed by atoms with Crippen LogP contribution in [0.3, 0.4) is 0 Å². The van der Waals surface area contributed by atoms with E-state index < -0.39 is 55.7 Å². The standard InChI is InChI=1S/C14H12BrNO2S.3C10H14BrNO2S.C8H10BrNO2S/c15-13-5-7-14(8-6-13)19(17,18)16-9-11-3-1-2-4-12(11)10-16;1-10(2,3)12-15(13,14)9-6-4-8(11)5-7-9;1-8(2)7-12-15(13,14)10-5-3-9(11)4-6-10;1-3-12(4-2)15(13,14)10-7-5-9(11)6-8-10;1-2-10-13(11,12)8-5-3-7(9)4-6-8/h1-8H,9-10H2;4-7,12H,1-3H3;3-6,8,12H,7H2,1-2H3;5-8H,3-4H2,1-2H3;3-6,10H,2H2,1H3. The number of halogens is 5. The van der Waals surface area contributed by atoms with E-state index in [2.05, 4.69) is 93.8 Å². The van der Waals surface area contributed by atoms with Gasteiger partial charge < -0.3 is 0 Å². The maximum Gasteiger partial charge on any atom is 0.243 e. The van der Waals surface area contributed by atoms with Gasteiger partial charge in [0.05, 0.1) is 24.5 Å². The van der Waals surface area contributed by atoms with Crippen LogP contribution in [-0.4, -0.2) is 82.4 Å². The Bertz CT molecular complexity index is 3360. The maximum atomic E-state index is 12.5. The van der Waals surface area contributed by atoms with Gasteiger partial charge in [-0.3, -0.25) is 0 Å². The first-order valence-corrected chi connectivity index (χ1v) is 35.0. The number of fused-ring (bicyclic) bond motifs is 1. The Balaban J connectivity index is 0.000000255. The van der Waals surface area contributed by atoms with Crippen LogP contribution in [0.4, 0.5) is 0 Å². The summed E-state index contributed by atoms with van der Waals surface area (Å²) in [5.41, 5.74) is 1.71. The maximum absolute atomic E-state index is 12.5. The Morgan fingerprint density at radius 2 is 0.779 bits per heavy atom. The van der Waals surface area contributed by atoms with Gasteiger partial charge in [0, 0.05) is 67.2 Å². The molecule has 0 aromatic heterocycles. The van der Waals surface area contributed by atoms with Crippen molar-refractivity contribution in [1.29, 1.82) is 0 Å². The molecule has 422 valence electrons. The van der Waals surface area contributed by atoms with Gasteiger partial charge in [0.25, 0.3) is 0 Å². The second-order valence-electron chi connectivity index (χ2n) is 18.0. The summed E-state index contributed by atoms with van der Waals surface area (Å²) < 4.78 is 134. The number of hydrogen-bond acceptors (Lipinski definition) is 10. The molecule has 1 aliphatic heterocycles. The lowest BCUT2D eigenvalue weighted by Crippen LogP contribution is -2.40. The van der Waals surface area contributed by atoms with E-state index in [9.17, 15) is 42.1 Å². The normalized spacial score (nSPS) is 12.9. The predicted molar refractivity (Wildman–Crippen MR) is 325 cm³/mol. The number of benzene rings is 6. The van der Waals surface area contributed by atoms with Gasteiger partial charge in [0.15, 0.2) is 0 Å². The summed E-state index contributed by atoms with van der Waals surface area (Å²) in [6.07, 6.45) is 0. The summed E-state index contributed by atoms with van der Waals surface area (Å²) in [4.78, 5) is 1.54. The van der Waals surface area contributed by atoms with Crippen LogP contribution < -0.4 is 14.2 Å². The summed E-state index contributed by atoms with van der Waals surface area (Å²) in [6, 6.07) is 40.9. The summed E-state index contributed by atoms with van der Waals surface area (Å²) in [5, 5.41) is 0. The molecule has 0 unspecified atom stereocenters. The number of sulfonamides is 5. The molecule has 0 radical (unpaired) electrons. The molecule has 0 fully saturated rings. The molecule has 77 heavy (non-hydrogen) atoms. The van der Waals surface area contributed by atoms with E-state index in [1.165, 1.54) is 8.61 Å². The van der Waals surface area contributed by atoms with E-state index in [1.54, 1.807) is 128 Å². The third-order valence-electron chi connectivity index (χ3n) is 10.2. The number of rotatable bonds is 15. The van der Waals surface area contributed by atoms with Crippen molar-refractivity contribution in [1.82, 2.24) is 22.8 Å². The molecule has 25 heteroatoms. The average Bonchev–Trinajstić information content (AvgIpc) is 3.81. The second kappa shape index (κ2) is 30.9. The molecule has 6 aromatic carbocycles. The number of hydrogen-bond donors (Lipinski definition) is 3. The highest BCUT2D eigenvalue weighted by atomic mass is 79.9. The van der Waals surface area contributed by atoms with Gasteiger partial charge in [-0.1, -0.05) is 139 Å². The van der Waals surface area contributed by atoms with Crippen molar-refractivity contribution in [2.24, 2.45) is 5.92 Å². The first-order chi connectivity index (χ1) is 35.8. The van der Waals surface area contributed by atoms with E-state index in [1.807, 2.05) is 72.7 Å². The van der Waals surface area contributed by atoms with E-state index in [0.29, 0.717) is 59.9 Å². The SMILES string of the molecule is CC(C)(C)NS(=O)(=O)c1ccc(Br)cc1.CC(C)CNS(=O)(=O)c1ccc(Br)cc1.CCN(CC)S(=O)(=O)c1ccc(Br)cc1.CCNS(=O)(=O)c1ccc(Br)cc1.O=S(=O)(c1ccc(Br)cc1)N1Cc2ccccc2C1. The average molecular weight is 1480 g/mol. The smallest absolute Gasteiger partial charge is 0.211 e. The van der Waals surface area contributed by atoms with Gasteiger partial charge in [-0.15, -0.1) is 0 Å². The van der Waals surface area contributed by atoms with Crippen LogP contribution in [0, 0.1) is 5.92 Å². The Labute approximate surface area is 499 Å². The highest BCUT2D eigenvalue weighted by Gasteiger charge is 2.30. The lowest BCUT2D eigenvalue weighted by molar-refractivity contribution is 0.431. The summed E-state index contributed by atoms with van der Waals surface area (Å²) in [7, 11) is -16.8. The van der Waals surface area contributed by atoms with Crippen LogP contribution in [0.2, 0.25) is 0 Å². The van der Waals surface area contributed by atoms with E-state index in [-0.39, 0.29) is 9.79 Å². The fourth-order valence-corrected chi connectivity index (χ4v) is 14.3. The zero-order valence-corrected chi connectivity index (χ0v) is 55.6. The minimum absolute atomic E-state index is 0.278. The van der Waals surface area contributed by atoms with Gasteiger partial charge in [0.2, 0.25) is 50.1 Å². The zero-order chi connectivity index (χ0) is 58.0. The zero-order valence-electron chi connectivity index (χ0n) is 43.6. The molecule has 0 spiro atoms. The lowest BCUT2D eigenvalue weighted by Gasteiger charge is -2.20. The molecule has 0 bridgehead atoms. The van der Waals surface area contributed by atoms with Crippen molar-refractivity contribution in [3.05, 3.63) is 179 Å². The number of nitrogens with zero attached hydrogens (tertiary/aromatic N) is 2. The molecule has 7 rings (SSSR count). The number of nitrogens with one attached hydrogen (secondary N) is 3. The predicted octanol–water partition coefficient (Wildman–Crippen LogP) is 12.3. The molecular weight excluding hydrogens is 1410 g/mol. The monoisotopic (exact) mass is 1470 g/mol. The Kier molecular flexibility index (Phi) is 27.5. The van der Waals surface area contributed by atoms with Crippen molar-refractivity contribution in [3.63, 3.8) is 0 Å². The highest BCUT2D eigenvalue weighted by molar-refractivity contribution is 9.11. The largest absolute Gasteiger partial charge is 0.243 e. The quantitative estimate of drug-likeness (QED) is 0.0884. The summed E-state index contributed by atoms with van der Waals surface area (Å²) in [6.45, 7) is 17.5. The molecule has 1 aliphatic rings. The first-order valence-electron chi connectivity index (χ1n) is 23.7. The second-order valence-corrected chi connectivity index (χ2v) is 31.7. The molecule has 6 aromatic rings. The molecule has 3 N–H and O–H groups in total. The molecule has 0 aliphatic carbocycles. The van der Waals surface area contributed by atoms with Crippen LogP contribution in [0.25, 0.3) is 0 Å². The van der Waals surface area contributed by atoms with Crippen LogP contribution in [0.1, 0.15) is 66.5 Å². The third kappa shape index (κ3) is 22.6. The van der Waals surface area contributed by atoms with Gasteiger partial charge in [-0.25, -0.2) is 56.3 Å². The molecule has 0 saturated heterocycles. The van der Waals surface area contributed by atoms with Gasteiger partial charge >= 0.3 is 0 Å². The van der Waals surface area contributed by atoms with E-state index >= 15 is 0 Å². The van der Waals surface area contributed by atoms with Gasteiger partial charge in [0.1, 0.15) is 0 Å². The van der Waals surface area contributed by atoms with Crippen LogP contribution in [-0.2, 0) is 63.2 Å². The minimum Gasteiger partial charge on any atom is -0.211 e. The van der Waals surface area contributed by atoms with Crippen molar-refractivity contribution in [2.75, 3.05) is 26.2 Å². The van der Waals surface area contributed by atoms with Crippen molar-refractivity contribution >= 4 is 130 Å². The fourth-order valence-electron chi connectivity index (χ4n) is 6.48. The first kappa shape index (κ1) is 68.5. The van der Waals surface area contributed by atoms with Crippen LogP contribution in [0.5, 0.6) is 0 Å². The Morgan fingerprint density at radius 3 is 1.09 bits per heavy atom. The Morgan fingerprint density at radius 1 is 0.468 bits per heavy atom. The van der Waals surface area contributed by atoms with Crippen LogP contribution in [0.15, 0.2) is 192 Å². The minimum atomic E-state index is -3.41.